The first kappa shape index (κ1) is 12.5. The van der Waals surface area contributed by atoms with Crippen LogP contribution in [0.3, 0.4) is 0 Å². The maximum absolute atomic E-state index is 11.8. The number of carboxylic acid groups (broad SMARTS) is 1. The number of rotatable bonds is 2. The van der Waals surface area contributed by atoms with Gasteiger partial charge in [0.2, 0.25) is 0 Å². The lowest BCUT2D eigenvalue weighted by atomic mass is 9.69. The number of hydrogen-bond donors (Lipinski definition) is 2. The number of nitrogens with one attached hydrogen (secondary N) is 1. The molecule has 0 aliphatic heterocycles. The molecule has 0 unspecified atom stereocenters. The summed E-state index contributed by atoms with van der Waals surface area (Å²) in [5.41, 5.74) is 1.09. The molecule has 0 saturated heterocycles. The lowest BCUT2D eigenvalue weighted by molar-refractivity contribution is -0.145. The third-order valence-electron chi connectivity index (χ3n) is 4.30. The van der Waals surface area contributed by atoms with Crippen molar-refractivity contribution >= 4 is 28.5 Å². The molecule has 2 aromatic rings. The predicted molar refractivity (Wildman–Crippen MR) is 75.7 cm³/mol. The second-order valence-corrected chi connectivity index (χ2v) is 5.75. The highest BCUT2D eigenvalue weighted by Gasteiger charge is 2.41. The van der Waals surface area contributed by atoms with Gasteiger partial charge in [-0.1, -0.05) is 43.0 Å². The lowest BCUT2D eigenvalue weighted by Crippen LogP contribution is -2.37. The molecule has 1 aliphatic rings. The summed E-state index contributed by atoms with van der Waals surface area (Å²) in [6, 6.07) is 5.78. The molecule has 3 nitrogen and oxygen atoms in total. The summed E-state index contributed by atoms with van der Waals surface area (Å²) in [7, 11) is 0. The average Bonchev–Trinajstić information content (AvgIpc) is 2.80. The number of carboxylic acids is 1. The minimum atomic E-state index is -0.718. The summed E-state index contributed by atoms with van der Waals surface area (Å²) in [6.07, 6.45) is 6.28. The van der Waals surface area contributed by atoms with Gasteiger partial charge in [-0.3, -0.25) is 4.79 Å². The Bertz CT molecular complexity index is 626. The van der Waals surface area contributed by atoms with E-state index in [0.29, 0.717) is 5.02 Å². The quantitative estimate of drug-likeness (QED) is 0.868. The van der Waals surface area contributed by atoms with E-state index in [4.69, 9.17) is 11.6 Å². The number of aromatic nitrogens is 1. The van der Waals surface area contributed by atoms with Crippen molar-refractivity contribution < 1.29 is 9.90 Å². The minimum Gasteiger partial charge on any atom is -0.481 e. The molecule has 0 bridgehead atoms. The Hall–Kier alpha value is -1.48. The molecule has 19 heavy (non-hydrogen) atoms. The fourth-order valence-electron chi connectivity index (χ4n) is 3.17. The molecule has 0 amide bonds. The fourth-order valence-corrected chi connectivity index (χ4v) is 3.39. The van der Waals surface area contributed by atoms with Crippen molar-refractivity contribution in [2.24, 2.45) is 0 Å². The first-order valence-corrected chi connectivity index (χ1v) is 7.02. The van der Waals surface area contributed by atoms with Gasteiger partial charge in [-0.15, -0.1) is 0 Å². The predicted octanol–water partition coefficient (Wildman–Crippen LogP) is 4.11. The number of fused-ring (bicyclic) bond motifs is 1. The van der Waals surface area contributed by atoms with Crippen LogP contribution in [0.1, 0.15) is 37.7 Å². The van der Waals surface area contributed by atoms with Crippen LogP contribution in [0, 0.1) is 0 Å². The van der Waals surface area contributed by atoms with Crippen LogP contribution in [0.2, 0.25) is 5.02 Å². The minimum absolute atomic E-state index is 0.676. The molecule has 3 rings (SSSR count). The Labute approximate surface area is 116 Å². The van der Waals surface area contributed by atoms with E-state index < -0.39 is 11.4 Å². The summed E-state index contributed by atoms with van der Waals surface area (Å²) in [4.78, 5) is 14.9. The molecule has 1 aromatic carbocycles. The summed E-state index contributed by atoms with van der Waals surface area (Å²) >= 11 is 6.06. The molecule has 1 heterocycles. The van der Waals surface area contributed by atoms with Gasteiger partial charge in [0.15, 0.2) is 0 Å². The Kier molecular flexibility index (Phi) is 3.02. The summed E-state index contributed by atoms with van der Waals surface area (Å²) < 4.78 is 0. The van der Waals surface area contributed by atoms with Crippen LogP contribution in [-0.4, -0.2) is 16.1 Å². The van der Waals surface area contributed by atoms with E-state index in [2.05, 4.69) is 4.98 Å². The molecule has 100 valence electrons. The third kappa shape index (κ3) is 1.93. The van der Waals surface area contributed by atoms with E-state index in [9.17, 15) is 9.90 Å². The van der Waals surface area contributed by atoms with Crippen LogP contribution in [0.25, 0.3) is 10.9 Å². The normalized spacial score (nSPS) is 18.6. The number of carbonyl (C=O) groups is 1. The van der Waals surface area contributed by atoms with Crippen LogP contribution in [0.4, 0.5) is 0 Å². The number of hydrogen-bond acceptors (Lipinski definition) is 1. The number of H-pyrrole nitrogens is 1. The second kappa shape index (κ2) is 4.57. The van der Waals surface area contributed by atoms with Gasteiger partial charge in [-0.2, -0.15) is 0 Å². The smallest absolute Gasteiger partial charge is 0.314 e. The van der Waals surface area contributed by atoms with E-state index in [1.54, 1.807) is 6.20 Å². The first-order chi connectivity index (χ1) is 9.13. The van der Waals surface area contributed by atoms with E-state index >= 15 is 0 Å². The number of halogens is 1. The van der Waals surface area contributed by atoms with Crippen LogP contribution in [0.15, 0.2) is 24.4 Å². The van der Waals surface area contributed by atoms with Crippen molar-refractivity contribution in [3.8, 4) is 0 Å². The van der Waals surface area contributed by atoms with Crippen molar-refractivity contribution in [1.29, 1.82) is 0 Å². The van der Waals surface area contributed by atoms with Gasteiger partial charge in [0.1, 0.15) is 0 Å². The van der Waals surface area contributed by atoms with Gasteiger partial charge >= 0.3 is 5.97 Å². The Morgan fingerprint density at radius 1 is 1.26 bits per heavy atom. The molecule has 1 aromatic heterocycles. The Morgan fingerprint density at radius 2 is 2.00 bits per heavy atom. The van der Waals surface area contributed by atoms with E-state index in [-0.39, 0.29) is 0 Å². The van der Waals surface area contributed by atoms with Crippen molar-refractivity contribution in [3.05, 3.63) is 35.0 Å². The van der Waals surface area contributed by atoms with Crippen molar-refractivity contribution in [2.45, 2.75) is 37.5 Å². The highest BCUT2D eigenvalue weighted by molar-refractivity contribution is 6.35. The van der Waals surface area contributed by atoms with Gasteiger partial charge in [0.05, 0.1) is 10.4 Å². The topological polar surface area (TPSA) is 53.1 Å². The van der Waals surface area contributed by atoms with E-state index in [1.165, 1.54) is 0 Å². The zero-order valence-electron chi connectivity index (χ0n) is 10.6. The molecule has 1 aliphatic carbocycles. The highest BCUT2D eigenvalue weighted by atomic mass is 35.5. The largest absolute Gasteiger partial charge is 0.481 e. The molecule has 0 spiro atoms. The maximum atomic E-state index is 11.8. The molecule has 1 saturated carbocycles. The van der Waals surface area contributed by atoms with Crippen LogP contribution in [0.5, 0.6) is 0 Å². The zero-order valence-corrected chi connectivity index (χ0v) is 11.3. The van der Waals surface area contributed by atoms with Crippen LogP contribution in [-0.2, 0) is 10.2 Å². The van der Waals surface area contributed by atoms with Crippen LogP contribution >= 0.6 is 11.6 Å². The lowest BCUT2D eigenvalue weighted by Gasteiger charge is -2.33. The van der Waals surface area contributed by atoms with E-state index in [1.807, 2.05) is 18.2 Å². The van der Waals surface area contributed by atoms with Crippen LogP contribution < -0.4 is 0 Å². The van der Waals surface area contributed by atoms with Crippen molar-refractivity contribution in [1.82, 2.24) is 4.98 Å². The number of aliphatic carboxylic acids is 1. The van der Waals surface area contributed by atoms with Crippen molar-refractivity contribution in [2.75, 3.05) is 0 Å². The van der Waals surface area contributed by atoms with Gasteiger partial charge in [0.25, 0.3) is 0 Å². The number of benzene rings is 1. The molecule has 2 N–H and O–H groups in total. The van der Waals surface area contributed by atoms with Gasteiger partial charge < -0.3 is 10.1 Å². The molecule has 1 fully saturated rings. The molecule has 0 atom stereocenters. The number of aromatic amines is 1. The second-order valence-electron chi connectivity index (χ2n) is 5.34. The van der Waals surface area contributed by atoms with Gasteiger partial charge in [-0.05, 0) is 24.5 Å². The third-order valence-corrected chi connectivity index (χ3v) is 4.61. The highest BCUT2D eigenvalue weighted by Crippen LogP contribution is 2.41. The molecule has 4 heteroatoms. The molecule has 0 radical (unpaired) electrons. The van der Waals surface area contributed by atoms with Gasteiger partial charge in [0, 0.05) is 17.1 Å². The van der Waals surface area contributed by atoms with E-state index in [0.717, 1.165) is 48.6 Å². The SMILES string of the molecule is O=C(O)C1(c2ccc3c(Cl)c[nH]c3c2)CCCCC1. The fraction of sp³-hybridized carbons (Fsp3) is 0.400. The summed E-state index contributed by atoms with van der Waals surface area (Å²) in [5.74, 6) is -0.704. The molecular formula is C15H16ClNO2. The molecular weight excluding hydrogens is 262 g/mol. The first-order valence-electron chi connectivity index (χ1n) is 6.64. The Morgan fingerprint density at radius 3 is 2.68 bits per heavy atom. The standard InChI is InChI=1S/C15H16ClNO2/c16-12-9-17-13-8-10(4-5-11(12)13)15(14(18)19)6-2-1-3-7-15/h4-5,8-9,17H,1-3,6-7H2,(H,18,19). The summed E-state index contributed by atoms with van der Waals surface area (Å²) in [5, 5.41) is 11.3. The maximum Gasteiger partial charge on any atom is 0.314 e. The Balaban J connectivity index is 2.12. The summed E-state index contributed by atoms with van der Waals surface area (Å²) in [6.45, 7) is 0. The monoisotopic (exact) mass is 277 g/mol. The average molecular weight is 278 g/mol. The zero-order chi connectivity index (χ0) is 13.5. The van der Waals surface area contributed by atoms with Crippen molar-refractivity contribution in [3.63, 3.8) is 0 Å². The van der Waals surface area contributed by atoms with Gasteiger partial charge in [-0.25, -0.2) is 0 Å².